The molecule has 0 radical (unpaired) electrons. The summed E-state index contributed by atoms with van der Waals surface area (Å²) in [5.41, 5.74) is 0. The van der Waals surface area contributed by atoms with E-state index in [0.29, 0.717) is 10.7 Å². The quantitative estimate of drug-likeness (QED) is 0.793. The summed E-state index contributed by atoms with van der Waals surface area (Å²) >= 11 is 3.66. The molecule has 0 bridgehead atoms. The third-order valence-corrected chi connectivity index (χ3v) is 3.56. The summed E-state index contributed by atoms with van der Waals surface area (Å²) in [7, 11) is 0. The minimum Gasteiger partial charge on any atom is -0.295 e. The molecule has 2 heterocycles. The highest BCUT2D eigenvalue weighted by atomic mass is 79.9. The summed E-state index contributed by atoms with van der Waals surface area (Å²) in [6, 6.07) is 0. The van der Waals surface area contributed by atoms with Gasteiger partial charge >= 0.3 is 0 Å². The van der Waals surface area contributed by atoms with E-state index in [9.17, 15) is 0 Å². The topological polar surface area (TPSA) is 34.0 Å². The minimum absolute atomic E-state index is 0.614. The van der Waals surface area contributed by atoms with Crippen LogP contribution >= 0.6 is 15.9 Å². The summed E-state index contributed by atoms with van der Waals surface area (Å²) in [5, 5.41) is 4.28. The van der Waals surface area contributed by atoms with Gasteiger partial charge in [0.2, 0.25) is 0 Å². The number of alkyl halides is 1. The van der Waals surface area contributed by atoms with Crippen molar-refractivity contribution in [1.29, 1.82) is 0 Å². The molecule has 1 atom stereocenters. The predicted octanol–water partition coefficient (Wildman–Crippen LogP) is 1.90. The van der Waals surface area contributed by atoms with Gasteiger partial charge in [-0.3, -0.25) is 4.90 Å². The molecule has 0 aromatic carbocycles. The molecule has 1 aliphatic rings. The molecule has 1 saturated heterocycles. The number of nitrogens with zero attached hydrogens (tertiary/aromatic N) is 4. The summed E-state index contributed by atoms with van der Waals surface area (Å²) in [6.45, 7) is 8.57. The van der Waals surface area contributed by atoms with E-state index in [1.807, 2.05) is 4.68 Å². The van der Waals surface area contributed by atoms with Crippen LogP contribution in [0.25, 0.3) is 0 Å². The fraction of sp³-hybridized carbons (Fsp3) is 0.818. The van der Waals surface area contributed by atoms with E-state index in [2.05, 4.69) is 44.8 Å². The van der Waals surface area contributed by atoms with Crippen molar-refractivity contribution in [1.82, 2.24) is 19.7 Å². The van der Waals surface area contributed by atoms with Gasteiger partial charge in [-0.15, -0.1) is 0 Å². The van der Waals surface area contributed by atoms with Gasteiger partial charge in [0.25, 0.3) is 0 Å². The number of hydrogen-bond acceptors (Lipinski definition) is 3. The first-order valence-corrected chi connectivity index (χ1v) is 6.80. The smallest absolute Gasteiger partial charge is 0.141 e. The average Bonchev–Trinajstić information content (AvgIpc) is 2.77. The third-order valence-electron chi connectivity index (χ3n) is 2.81. The van der Waals surface area contributed by atoms with Crippen LogP contribution in [0.3, 0.4) is 0 Å². The molecule has 1 aromatic heterocycles. The molecule has 0 spiro atoms. The minimum atomic E-state index is 0.614. The monoisotopic (exact) mass is 286 g/mol. The van der Waals surface area contributed by atoms with Gasteiger partial charge in [-0.25, -0.2) is 9.67 Å². The van der Waals surface area contributed by atoms with Crippen LogP contribution in [0.2, 0.25) is 0 Å². The van der Waals surface area contributed by atoms with Crippen molar-refractivity contribution >= 4 is 15.9 Å². The molecule has 90 valence electrons. The second-order valence-electron chi connectivity index (χ2n) is 4.87. The molecule has 4 nitrogen and oxygen atoms in total. The lowest BCUT2D eigenvalue weighted by atomic mass is 10.2. The van der Waals surface area contributed by atoms with Gasteiger partial charge in [0, 0.05) is 17.9 Å². The van der Waals surface area contributed by atoms with Crippen LogP contribution in [0.4, 0.5) is 0 Å². The average molecular weight is 287 g/mol. The molecule has 0 saturated carbocycles. The van der Waals surface area contributed by atoms with Gasteiger partial charge in [0.05, 0.1) is 6.54 Å². The van der Waals surface area contributed by atoms with E-state index in [1.165, 1.54) is 6.42 Å². The van der Waals surface area contributed by atoms with Crippen LogP contribution in [0.5, 0.6) is 0 Å². The lowest BCUT2D eigenvalue weighted by Crippen LogP contribution is -2.23. The highest BCUT2D eigenvalue weighted by molar-refractivity contribution is 9.09. The Labute approximate surface area is 105 Å². The second kappa shape index (κ2) is 5.27. The van der Waals surface area contributed by atoms with Crippen LogP contribution in [0.1, 0.15) is 26.1 Å². The molecule has 0 aliphatic carbocycles. The second-order valence-corrected chi connectivity index (χ2v) is 6.17. The Morgan fingerprint density at radius 1 is 1.56 bits per heavy atom. The maximum absolute atomic E-state index is 4.35. The van der Waals surface area contributed by atoms with Crippen molar-refractivity contribution in [3.63, 3.8) is 0 Å². The highest BCUT2D eigenvalue weighted by Crippen LogP contribution is 2.18. The molecule has 1 aliphatic heterocycles. The first-order chi connectivity index (χ1) is 7.65. The fourth-order valence-corrected chi connectivity index (χ4v) is 2.65. The zero-order valence-electron chi connectivity index (χ0n) is 9.93. The molecule has 0 amide bonds. The van der Waals surface area contributed by atoms with E-state index in [0.717, 1.165) is 32.0 Å². The van der Waals surface area contributed by atoms with Gasteiger partial charge in [0.1, 0.15) is 12.2 Å². The Balaban J connectivity index is 1.96. The number of rotatable bonds is 4. The maximum Gasteiger partial charge on any atom is 0.141 e. The van der Waals surface area contributed by atoms with Crippen molar-refractivity contribution in [3.05, 3.63) is 12.2 Å². The van der Waals surface area contributed by atoms with Crippen molar-refractivity contribution in [3.8, 4) is 0 Å². The van der Waals surface area contributed by atoms with Gasteiger partial charge in [0.15, 0.2) is 0 Å². The third kappa shape index (κ3) is 3.04. The molecule has 1 unspecified atom stereocenters. The van der Waals surface area contributed by atoms with Crippen molar-refractivity contribution < 1.29 is 0 Å². The Morgan fingerprint density at radius 2 is 2.38 bits per heavy atom. The van der Waals surface area contributed by atoms with Gasteiger partial charge < -0.3 is 0 Å². The van der Waals surface area contributed by atoms with Crippen molar-refractivity contribution in [2.24, 2.45) is 5.92 Å². The summed E-state index contributed by atoms with van der Waals surface area (Å²) in [4.78, 5) is 7.43. The van der Waals surface area contributed by atoms with E-state index in [1.54, 1.807) is 6.33 Å². The largest absolute Gasteiger partial charge is 0.295 e. The first-order valence-electron chi connectivity index (χ1n) is 5.88. The van der Waals surface area contributed by atoms with Gasteiger partial charge in [-0.05, 0) is 18.9 Å². The lowest BCUT2D eigenvalue weighted by Gasteiger charge is -2.15. The van der Waals surface area contributed by atoms with Crippen LogP contribution in [-0.4, -0.2) is 37.6 Å². The number of halogens is 1. The van der Waals surface area contributed by atoms with E-state index >= 15 is 0 Å². The molecule has 1 aromatic rings. The van der Waals surface area contributed by atoms with E-state index in [-0.39, 0.29) is 0 Å². The Kier molecular flexibility index (Phi) is 3.97. The Morgan fingerprint density at radius 3 is 3.00 bits per heavy atom. The number of likely N-dealkylation sites (tertiary alicyclic amines) is 1. The zero-order chi connectivity index (χ0) is 11.5. The van der Waals surface area contributed by atoms with Crippen molar-refractivity contribution in [2.75, 3.05) is 13.1 Å². The van der Waals surface area contributed by atoms with Gasteiger partial charge in [-0.2, -0.15) is 5.10 Å². The van der Waals surface area contributed by atoms with Crippen LogP contribution in [0, 0.1) is 5.92 Å². The molecule has 2 rings (SSSR count). The molecular weight excluding hydrogens is 268 g/mol. The zero-order valence-corrected chi connectivity index (χ0v) is 11.5. The summed E-state index contributed by atoms with van der Waals surface area (Å²) < 4.78 is 2.03. The fourth-order valence-electron chi connectivity index (χ4n) is 2.04. The number of hydrogen-bond donors (Lipinski definition) is 0. The molecule has 16 heavy (non-hydrogen) atoms. The first kappa shape index (κ1) is 12.0. The molecule has 5 heteroatoms. The van der Waals surface area contributed by atoms with Crippen LogP contribution in [-0.2, 0) is 13.1 Å². The summed E-state index contributed by atoms with van der Waals surface area (Å²) in [6.07, 6.45) is 2.90. The van der Waals surface area contributed by atoms with E-state index in [4.69, 9.17) is 0 Å². The van der Waals surface area contributed by atoms with E-state index < -0.39 is 0 Å². The maximum atomic E-state index is 4.35. The SMILES string of the molecule is CC(C)Cn1ncnc1CN1CCC(Br)C1. The molecule has 0 N–H and O–H groups in total. The molecular formula is C11H19BrN4. The Bertz CT molecular complexity index is 336. The Hall–Kier alpha value is -0.420. The summed E-state index contributed by atoms with van der Waals surface area (Å²) in [5.74, 6) is 1.71. The van der Waals surface area contributed by atoms with Crippen LogP contribution < -0.4 is 0 Å². The normalized spacial score (nSPS) is 22.1. The van der Waals surface area contributed by atoms with Crippen molar-refractivity contribution in [2.45, 2.75) is 38.2 Å². The van der Waals surface area contributed by atoms with Gasteiger partial charge in [-0.1, -0.05) is 29.8 Å². The number of aromatic nitrogens is 3. The standard InChI is InChI=1S/C11H19BrN4/c1-9(2)5-16-11(13-8-14-16)7-15-4-3-10(12)6-15/h8-10H,3-7H2,1-2H3. The molecule has 1 fully saturated rings. The van der Waals surface area contributed by atoms with Crippen LogP contribution in [0.15, 0.2) is 6.33 Å². The highest BCUT2D eigenvalue weighted by Gasteiger charge is 2.21. The predicted molar refractivity (Wildman–Crippen MR) is 67.5 cm³/mol. The lowest BCUT2D eigenvalue weighted by molar-refractivity contribution is 0.310.